The summed E-state index contributed by atoms with van der Waals surface area (Å²) in [5.74, 6) is -0.959. The molecule has 0 N–H and O–H groups in total. The van der Waals surface area contributed by atoms with Gasteiger partial charge in [-0.3, -0.25) is 4.98 Å². The molecule has 3 aromatic rings. The number of halogens is 2. The van der Waals surface area contributed by atoms with Crippen molar-refractivity contribution < 1.29 is 13.5 Å². The zero-order chi connectivity index (χ0) is 16.2. The monoisotopic (exact) mass is 331 g/mol. The number of hydrogen-bond acceptors (Lipinski definition) is 3. The van der Waals surface area contributed by atoms with E-state index in [1.54, 1.807) is 18.0 Å². The lowest BCUT2D eigenvalue weighted by atomic mass is 10.1. The highest BCUT2D eigenvalue weighted by Crippen LogP contribution is 2.28. The molecule has 0 atom stereocenters. The molecule has 0 unspecified atom stereocenters. The first-order valence-corrected chi connectivity index (χ1v) is 8.16. The maximum Gasteiger partial charge on any atom is 0.190 e. The van der Waals surface area contributed by atoms with Gasteiger partial charge in [0.25, 0.3) is 0 Å². The molecule has 2 nitrogen and oxygen atoms in total. The fourth-order valence-corrected chi connectivity index (χ4v) is 3.46. The number of fused-ring (bicyclic) bond motifs is 1. The SMILES string of the molecule is COc1c(F)cc(CCSc2cccc3cccnc23)cc1F. The van der Waals surface area contributed by atoms with E-state index in [2.05, 4.69) is 9.72 Å². The van der Waals surface area contributed by atoms with Crippen LogP contribution < -0.4 is 4.74 Å². The highest BCUT2D eigenvalue weighted by atomic mass is 32.2. The van der Waals surface area contributed by atoms with Crippen LogP contribution in [0, 0.1) is 11.6 Å². The average Bonchev–Trinajstić information content (AvgIpc) is 2.55. The molecule has 118 valence electrons. The Bertz CT molecular complexity index is 810. The lowest BCUT2D eigenvalue weighted by molar-refractivity contribution is 0.359. The number of ether oxygens (including phenoxy) is 1. The van der Waals surface area contributed by atoms with E-state index < -0.39 is 11.6 Å². The number of para-hydroxylation sites is 1. The van der Waals surface area contributed by atoms with Gasteiger partial charge in [-0.25, -0.2) is 8.78 Å². The Kier molecular flexibility index (Phi) is 4.76. The minimum absolute atomic E-state index is 0.334. The van der Waals surface area contributed by atoms with Crippen LogP contribution in [0.2, 0.25) is 0 Å². The molecule has 23 heavy (non-hydrogen) atoms. The minimum atomic E-state index is -0.667. The van der Waals surface area contributed by atoms with E-state index in [0.717, 1.165) is 15.8 Å². The predicted octanol–water partition coefficient (Wildman–Crippen LogP) is 4.86. The lowest BCUT2D eigenvalue weighted by Crippen LogP contribution is -1.97. The number of methoxy groups -OCH3 is 1. The van der Waals surface area contributed by atoms with Crippen LogP contribution >= 0.6 is 11.8 Å². The summed E-state index contributed by atoms with van der Waals surface area (Å²) in [6.07, 6.45) is 2.33. The Balaban J connectivity index is 1.72. The summed E-state index contributed by atoms with van der Waals surface area (Å²) >= 11 is 1.63. The van der Waals surface area contributed by atoms with E-state index >= 15 is 0 Å². The zero-order valence-electron chi connectivity index (χ0n) is 12.6. The molecule has 0 aliphatic rings. The van der Waals surface area contributed by atoms with Crippen molar-refractivity contribution in [2.75, 3.05) is 12.9 Å². The Hall–Kier alpha value is -2.14. The standard InChI is InChI=1S/C18H15F2NOS/c1-22-18-14(19)10-12(11-15(18)20)7-9-23-16-6-2-4-13-5-3-8-21-17(13)16/h2-6,8,10-11H,7,9H2,1H3. The molecule has 0 fully saturated rings. The third-order valence-corrected chi connectivity index (χ3v) is 4.55. The number of benzene rings is 2. The molecular weight excluding hydrogens is 316 g/mol. The Morgan fingerprint density at radius 1 is 1.09 bits per heavy atom. The second kappa shape index (κ2) is 6.96. The number of rotatable bonds is 5. The molecule has 5 heteroatoms. The molecule has 1 aromatic heterocycles. The van der Waals surface area contributed by atoms with E-state index in [1.165, 1.54) is 19.2 Å². The van der Waals surface area contributed by atoms with E-state index in [-0.39, 0.29) is 5.75 Å². The number of aromatic nitrogens is 1. The second-order valence-electron chi connectivity index (χ2n) is 5.02. The van der Waals surface area contributed by atoms with Crippen LogP contribution in [0.1, 0.15) is 5.56 Å². The molecule has 0 spiro atoms. The minimum Gasteiger partial charge on any atom is -0.491 e. The predicted molar refractivity (Wildman–Crippen MR) is 89.1 cm³/mol. The highest BCUT2D eigenvalue weighted by Gasteiger charge is 2.11. The third-order valence-electron chi connectivity index (χ3n) is 3.51. The van der Waals surface area contributed by atoms with Gasteiger partial charge in [-0.1, -0.05) is 18.2 Å². The summed E-state index contributed by atoms with van der Waals surface area (Å²) in [4.78, 5) is 5.47. The van der Waals surface area contributed by atoms with E-state index in [9.17, 15) is 8.78 Å². The summed E-state index contributed by atoms with van der Waals surface area (Å²) in [5.41, 5.74) is 1.56. The van der Waals surface area contributed by atoms with Gasteiger partial charge in [0.2, 0.25) is 0 Å². The number of nitrogens with zero attached hydrogens (tertiary/aromatic N) is 1. The fourth-order valence-electron chi connectivity index (χ4n) is 2.42. The summed E-state index contributed by atoms with van der Waals surface area (Å²) < 4.78 is 32.1. The topological polar surface area (TPSA) is 22.1 Å². The van der Waals surface area contributed by atoms with Gasteiger partial charge in [0, 0.05) is 22.2 Å². The lowest BCUT2D eigenvalue weighted by Gasteiger charge is -2.08. The van der Waals surface area contributed by atoms with Crippen molar-refractivity contribution in [1.82, 2.24) is 4.98 Å². The smallest absolute Gasteiger partial charge is 0.190 e. The first kappa shape index (κ1) is 15.7. The molecule has 2 aromatic carbocycles. The number of aryl methyl sites for hydroxylation is 1. The molecule has 0 saturated carbocycles. The van der Waals surface area contributed by atoms with Gasteiger partial charge in [0.1, 0.15) is 0 Å². The summed E-state index contributed by atoms with van der Waals surface area (Å²) in [6.45, 7) is 0. The van der Waals surface area contributed by atoms with Crippen LogP contribution in [0.15, 0.2) is 53.6 Å². The van der Waals surface area contributed by atoms with Crippen molar-refractivity contribution in [2.24, 2.45) is 0 Å². The molecule has 0 bridgehead atoms. The maximum absolute atomic E-state index is 13.7. The van der Waals surface area contributed by atoms with Crippen molar-refractivity contribution in [3.05, 3.63) is 65.9 Å². The molecule has 3 rings (SSSR count). The van der Waals surface area contributed by atoms with Gasteiger partial charge in [-0.15, -0.1) is 11.8 Å². The van der Waals surface area contributed by atoms with Crippen molar-refractivity contribution in [1.29, 1.82) is 0 Å². The maximum atomic E-state index is 13.7. The van der Waals surface area contributed by atoms with Crippen LogP contribution in [0.4, 0.5) is 8.78 Å². The second-order valence-corrected chi connectivity index (χ2v) is 6.16. The van der Waals surface area contributed by atoms with Gasteiger partial charge in [-0.05, 0) is 36.2 Å². The molecular formula is C18H15F2NOS. The van der Waals surface area contributed by atoms with Crippen LogP contribution in [0.3, 0.4) is 0 Å². The van der Waals surface area contributed by atoms with Crippen molar-refractivity contribution in [2.45, 2.75) is 11.3 Å². The highest BCUT2D eigenvalue weighted by molar-refractivity contribution is 7.99. The molecule has 0 aliphatic heterocycles. The van der Waals surface area contributed by atoms with Crippen LogP contribution in [-0.2, 0) is 6.42 Å². The summed E-state index contributed by atoms with van der Waals surface area (Å²) in [5, 5.41) is 1.08. The van der Waals surface area contributed by atoms with Gasteiger partial charge < -0.3 is 4.74 Å². The molecule has 0 radical (unpaired) electrons. The Morgan fingerprint density at radius 3 is 2.57 bits per heavy atom. The largest absolute Gasteiger partial charge is 0.491 e. The Morgan fingerprint density at radius 2 is 1.83 bits per heavy atom. The van der Waals surface area contributed by atoms with Gasteiger partial charge >= 0.3 is 0 Å². The fraction of sp³-hybridized carbons (Fsp3) is 0.167. The van der Waals surface area contributed by atoms with Gasteiger partial charge in [0.05, 0.1) is 12.6 Å². The van der Waals surface area contributed by atoms with Gasteiger partial charge in [0.15, 0.2) is 17.4 Å². The first-order chi connectivity index (χ1) is 11.2. The van der Waals surface area contributed by atoms with E-state index in [4.69, 9.17) is 0 Å². The van der Waals surface area contributed by atoms with Crippen LogP contribution in [-0.4, -0.2) is 17.8 Å². The van der Waals surface area contributed by atoms with Crippen molar-refractivity contribution >= 4 is 22.7 Å². The quantitative estimate of drug-likeness (QED) is 0.624. The molecule has 0 aliphatic carbocycles. The zero-order valence-corrected chi connectivity index (χ0v) is 13.4. The number of thioether (sulfide) groups is 1. The third kappa shape index (κ3) is 3.45. The summed E-state index contributed by atoms with van der Waals surface area (Å²) in [7, 11) is 1.25. The van der Waals surface area contributed by atoms with Crippen molar-refractivity contribution in [3.63, 3.8) is 0 Å². The summed E-state index contributed by atoms with van der Waals surface area (Å²) in [6, 6.07) is 12.6. The first-order valence-electron chi connectivity index (χ1n) is 7.17. The van der Waals surface area contributed by atoms with Crippen LogP contribution in [0.5, 0.6) is 5.75 Å². The van der Waals surface area contributed by atoms with Crippen molar-refractivity contribution in [3.8, 4) is 5.75 Å². The number of pyridine rings is 1. The molecule has 0 amide bonds. The molecule has 0 saturated heterocycles. The number of hydrogen-bond donors (Lipinski definition) is 0. The Labute approximate surface area is 137 Å². The van der Waals surface area contributed by atoms with E-state index in [0.29, 0.717) is 17.7 Å². The van der Waals surface area contributed by atoms with Gasteiger partial charge in [-0.2, -0.15) is 0 Å². The normalized spacial score (nSPS) is 10.9. The average molecular weight is 331 g/mol. The van der Waals surface area contributed by atoms with E-state index in [1.807, 2.05) is 30.3 Å². The molecule has 1 heterocycles. The van der Waals surface area contributed by atoms with Crippen LogP contribution in [0.25, 0.3) is 10.9 Å².